The van der Waals surface area contributed by atoms with Crippen LogP contribution in [0.25, 0.3) is 0 Å². The van der Waals surface area contributed by atoms with Crippen LogP contribution in [0.5, 0.6) is 11.5 Å². The zero-order chi connectivity index (χ0) is 27.8. The molecular weight excluding hydrogens is 480 g/mol. The van der Waals surface area contributed by atoms with E-state index in [4.69, 9.17) is 15.6 Å². The molecule has 10 heteroatoms. The maximum Gasteiger partial charge on any atom is 0.337 e. The van der Waals surface area contributed by atoms with Crippen LogP contribution in [-0.4, -0.2) is 54.0 Å². The van der Waals surface area contributed by atoms with Gasteiger partial charge < -0.3 is 35.5 Å². The van der Waals surface area contributed by atoms with Crippen LogP contribution in [-0.2, 0) is 19.0 Å². The number of esters is 3. The Bertz CT molecular complexity index is 1100. The minimum absolute atomic E-state index is 0.0113. The Kier molecular flexibility index (Phi) is 10.2. The van der Waals surface area contributed by atoms with Crippen LogP contribution in [0.2, 0.25) is 0 Å². The maximum absolute atomic E-state index is 12.1. The molecular formula is C27H36N2O8. The van der Waals surface area contributed by atoms with Crippen molar-refractivity contribution in [3.8, 4) is 11.5 Å². The summed E-state index contributed by atoms with van der Waals surface area (Å²) in [6.45, 7) is 5.62. The molecule has 0 atom stereocenters. The Morgan fingerprint density at radius 1 is 0.865 bits per heavy atom. The molecule has 0 bridgehead atoms. The molecule has 10 nitrogen and oxygen atoms in total. The first-order valence-electron chi connectivity index (χ1n) is 11.9. The molecule has 1 fully saturated rings. The molecule has 0 unspecified atom stereocenters. The third-order valence-corrected chi connectivity index (χ3v) is 5.70. The summed E-state index contributed by atoms with van der Waals surface area (Å²) in [5, 5.41) is 22.5. The van der Waals surface area contributed by atoms with Gasteiger partial charge in [-0.05, 0) is 82.9 Å². The van der Waals surface area contributed by atoms with Gasteiger partial charge in [0.25, 0.3) is 0 Å². The maximum atomic E-state index is 12.1. The SMILES string of the molecule is COC(=O)c1ccc(N)c(O)c1.COC(=O)c1ccc(NC2CCC(C(=O)OC(C)(C)C)CC2)c(O)c1. The summed E-state index contributed by atoms with van der Waals surface area (Å²) in [6, 6.07) is 9.04. The molecule has 2 aromatic carbocycles. The number of nitrogens with two attached hydrogens (primary N) is 1. The van der Waals surface area contributed by atoms with Crippen LogP contribution in [0.15, 0.2) is 36.4 Å². The van der Waals surface area contributed by atoms with Gasteiger partial charge in [0, 0.05) is 6.04 Å². The summed E-state index contributed by atoms with van der Waals surface area (Å²) in [5.74, 6) is -1.27. The van der Waals surface area contributed by atoms with Crippen LogP contribution in [0.4, 0.5) is 11.4 Å². The normalized spacial score (nSPS) is 17.0. The monoisotopic (exact) mass is 516 g/mol. The molecule has 0 heterocycles. The number of phenolic OH excluding ortho intramolecular Hbond substituents is 2. The van der Waals surface area contributed by atoms with Gasteiger partial charge in [-0.1, -0.05) is 0 Å². The van der Waals surface area contributed by atoms with Gasteiger partial charge in [0.1, 0.15) is 17.1 Å². The zero-order valence-electron chi connectivity index (χ0n) is 21.9. The number of phenols is 2. The van der Waals surface area contributed by atoms with Crippen LogP contribution >= 0.6 is 0 Å². The predicted octanol–water partition coefficient (Wildman–Crippen LogP) is 4.25. The van der Waals surface area contributed by atoms with Crippen LogP contribution in [0.3, 0.4) is 0 Å². The van der Waals surface area contributed by atoms with E-state index in [0.717, 1.165) is 25.7 Å². The van der Waals surface area contributed by atoms with E-state index >= 15 is 0 Å². The largest absolute Gasteiger partial charge is 0.506 e. The third-order valence-electron chi connectivity index (χ3n) is 5.70. The number of rotatable bonds is 5. The Morgan fingerprint density at radius 3 is 1.84 bits per heavy atom. The summed E-state index contributed by atoms with van der Waals surface area (Å²) < 4.78 is 14.5. The molecule has 1 aliphatic carbocycles. The minimum atomic E-state index is -0.495. The van der Waals surface area contributed by atoms with Gasteiger partial charge in [0.2, 0.25) is 0 Å². The lowest BCUT2D eigenvalue weighted by Gasteiger charge is -2.30. The molecule has 0 radical (unpaired) electrons. The topological polar surface area (TPSA) is 157 Å². The standard InChI is InChI=1S/C19H27NO5.C8H9NO3/c1-19(2,3)25-18(23)12-5-8-14(9-6-12)20-15-10-7-13(11-16(15)21)17(22)24-4;1-12-8(11)5-2-3-6(9)7(10)4-5/h7,10-12,14,20-21H,5-6,8-9H2,1-4H3;2-4,10H,9H2,1H3. The van der Waals surface area contributed by atoms with E-state index in [2.05, 4.69) is 14.8 Å². The van der Waals surface area contributed by atoms with Crippen LogP contribution in [0.1, 0.15) is 67.2 Å². The van der Waals surface area contributed by atoms with E-state index in [-0.39, 0.29) is 40.7 Å². The molecule has 1 saturated carbocycles. The molecule has 1 aliphatic rings. The van der Waals surface area contributed by atoms with Crippen molar-refractivity contribution in [1.29, 1.82) is 0 Å². The lowest BCUT2D eigenvalue weighted by molar-refractivity contribution is -0.161. The summed E-state index contributed by atoms with van der Waals surface area (Å²) in [4.78, 5) is 34.5. The van der Waals surface area contributed by atoms with Crippen molar-refractivity contribution in [3.63, 3.8) is 0 Å². The van der Waals surface area contributed by atoms with E-state index < -0.39 is 17.5 Å². The summed E-state index contributed by atoms with van der Waals surface area (Å²) >= 11 is 0. The first-order valence-corrected chi connectivity index (χ1v) is 11.9. The number of nitrogen functional groups attached to an aromatic ring is 1. The summed E-state index contributed by atoms with van der Waals surface area (Å²) in [5.41, 5.74) is 6.27. The Morgan fingerprint density at radius 2 is 1.38 bits per heavy atom. The molecule has 2 aromatic rings. The second-order valence-corrected chi connectivity index (χ2v) is 9.72. The molecule has 0 aromatic heterocycles. The number of anilines is 2. The molecule has 3 rings (SSSR count). The highest BCUT2D eigenvalue weighted by molar-refractivity contribution is 5.91. The number of methoxy groups -OCH3 is 2. The molecule has 5 N–H and O–H groups in total. The van der Waals surface area contributed by atoms with E-state index in [1.807, 2.05) is 20.8 Å². The zero-order valence-corrected chi connectivity index (χ0v) is 21.9. The predicted molar refractivity (Wildman–Crippen MR) is 139 cm³/mol. The fourth-order valence-corrected chi connectivity index (χ4v) is 3.77. The second-order valence-electron chi connectivity index (χ2n) is 9.72. The van der Waals surface area contributed by atoms with Crippen LogP contribution < -0.4 is 11.1 Å². The lowest BCUT2D eigenvalue weighted by Crippen LogP contribution is -2.33. The molecule has 37 heavy (non-hydrogen) atoms. The van der Waals surface area contributed by atoms with Gasteiger partial charge in [-0.25, -0.2) is 9.59 Å². The van der Waals surface area contributed by atoms with Gasteiger partial charge in [0.05, 0.1) is 42.6 Å². The summed E-state index contributed by atoms with van der Waals surface area (Å²) in [6.07, 6.45) is 3.16. The molecule has 202 valence electrons. The average molecular weight is 517 g/mol. The third kappa shape index (κ3) is 8.89. The number of nitrogens with one attached hydrogen (secondary N) is 1. The fraction of sp³-hybridized carbons (Fsp3) is 0.444. The number of hydrogen-bond acceptors (Lipinski definition) is 10. The van der Waals surface area contributed by atoms with E-state index in [1.165, 1.54) is 38.5 Å². The molecule has 0 spiro atoms. The van der Waals surface area contributed by atoms with Crippen molar-refractivity contribution >= 4 is 29.3 Å². The van der Waals surface area contributed by atoms with Gasteiger partial charge >= 0.3 is 17.9 Å². The Hall–Kier alpha value is -3.95. The van der Waals surface area contributed by atoms with Crippen LogP contribution in [0, 0.1) is 5.92 Å². The van der Waals surface area contributed by atoms with Crippen molar-refractivity contribution in [1.82, 2.24) is 0 Å². The number of ether oxygens (including phenoxy) is 3. The average Bonchev–Trinajstić information content (AvgIpc) is 2.85. The second kappa shape index (κ2) is 12.8. The Labute approximate surface area is 216 Å². The number of benzene rings is 2. The van der Waals surface area contributed by atoms with E-state index in [1.54, 1.807) is 12.1 Å². The first-order chi connectivity index (χ1) is 17.3. The first kappa shape index (κ1) is 29.3. The number of carbonyl (C=O) groups is 3. The quantitative estimate of drug-likeness (QED) is 0.196. The highest BCUT2D eigenvalue weighted by atomic mass is 16.6. The lowest BCUT2D eigenvalue weighted by atomic mass is 9.86. The highest BCUT2D eigenvalue weighted by Gasteiger charge is 2.30. The van der Waals surface area contributed by atoms with E-state index in [9.17, 15) is 19.5 Å². The van der Waals surface area contributed by atoms with Crippen molar-refractivity contribution in [3.05, 3.63) is 47.5 Å². The van der Waals surface area contributed by atoms with Crippen molar-refractivity contribution in [2.75, 3.05) is 25.3 Å². The number of hydrogen-bond donors (Lipinski definition) is 4. The van der Waals surface area contributed by atoms with Crippen molar-refractivity contribution in [2.45, 2.75) is 58.1 Å². The van der Waals surface area contributed by atoms with Gasteiger partial charge in [-0.3, -0.25) is 4.79 Å². The van der Waals surface area contributed by atoms with E-state index in [0.29, 0.717) is 11.3 Å². The molecule has 0 amide bonds. The smallest absolute Gasteiger partial charge is 0.337 e. The van der Waals surface area contributed by atoms with Gasteiger partial charge in [-0.2, -0.15) is 0 Å². The highest BCUT2D eigenvalue weighted by Crippen LogP contribution is 2.32. The van der Waals surface area contributed by atoms with Crippen molar-refractivity contribution in [2.24, 2.45) is 5.92 Å². The fourth-order valence-electron chi connectivity index (χ4n) is 3.77. The molecule has 0 aliphatic heterocycles. The van der Waals surface area contributed by atoms with Gasteiger partial charge in [0.15, 0.2) is 0 Å². The number of aromatic hydroxyl groups is 2. The number of carbonyl (C=O) groups excluding carboxylic acids is 3. The minimum Gasteiger partial charge on any atom is -0.506 e. The Balaban J connectivity index is 0.000000335. The molecule has 0 saturated heterocycles. The van der Waals surface area contributed by atoms with Crippen molar-refractivity contribution < 1.29 is 38.8 Å². The summed E-state index contributed by atoms with van der Waals surface area (Å²) in [7, 11) is 2.57. The van der Waals surface area contributed by atoms with Gasteiger partial charge in [-0.15, -0.1) is 0 Å².